The fourth-order valence-electron chi connectivity index (χ4n) is 3.62. The Labute approximate surface area is 161 Å². The molecule has 0 spiro atoms. The van der Waals surface area contributed by atoms with Crippen molar-refractivity contribution in [3.8, 4) is 11.3 Å². The van der Waals surface area contributed by atoms with E-state index >= 15 is 0 Å². The molecule has 1 aliphatic carbocycles. The zero-order chi connectivity index (χ0) is 19.5. The van der Waals surface area contributed by atoms with Crippen LogP contribution in [-0.4, -0.2) is 30.4 Å². The summed E-state index contributed by atoms with van der Waals surface area (Å²) in [6.45, 7) is 0. The van der Waals surface area contributed by atoms with Gasteiger partial charge in [0.2, 0.25) is 0 Å². The molecule has 0 bridgehead atoms. The van der Waals surface area contributed by atoms with Crippen molar-refractivity contribution in [2.75, 3.05) is 5.32 Å². The largest absolute Gasteiger partial charge is 0.363 e. The van der Waals surface area contributed by atoms with Crippen molar-refractivity contribution >= 4 is 5.82 Å². The monoisotopic (exact) mass is 378 g/mol. The molecule has 1 N–H and O–H groups in total. The maximum atomic E-state index is 12.4. The lowest BCUT2D eigenvalue weighted by Crippen LogP contribution is -2.35. The summed E-state index contributed by atoms with van der Waals surface area (Å²) in [7, 11) is 1.71. The highest BCUT2D eigenvalue weighted by atomic mass is 16.1. The summed E-state index contributed by atoms with van der Waals surface area (Å²) >= 11 is 0. The first-order valence-electron chi connectivity index (χ1n) is 9.40. The van der Waals surface area contributed by atoms with Gasteiger partial charge < -0.3 is 9.88 Å². The minimum Gasteiger partial charge on any atom is -0.363 e. The smallest absolute Gasteiger partial charge is 0.293 e. The number of hydrogen-bond donors (Lipinski definition) is 1. The summed E-state index contributed by atoms with van der Waals surface area (Å²) in [5.41, 5.74) is 1.48. The van der Waals surface area contributed by atoms with Crippen LogP contribution in [-0.2, 0) is 7.05 Å². The fraction of sp³-hybridized carbons (Fsp3) is 0.350. The number of nitrogens with one attached hydrogen (secondary N) is 1. The Morgan fingerprint density at radius 3 is 2.50 bits per heavy atom. The van der Waals surface area contributed by atoms with Crippen LogP contribution in [0.5, 0.6) is 0 Å². The van der Waals surface area contributed by atoms with Crippen LogP contribution >= 0.6 is 0 Å². The predicted octanol–water partition coefficient (Wildman–Crippen LogP) is 1.99. The molecule has 8 heteroatoms. The first kappa shape index (κ1) is 18.1. The van der Waals surface area contributed by atoms with E-state index in [0.29, 0.717) is 5.82 Å². The van der Waals surface area contributed by atoms with Crippen LogP contribution in [0.1, 0.15) is 31.7 Å². The van der Waals surface area contributed by atoms with E-state index in [1.54, 1.807) is 48.6 Å². The molecule has 0 saturated heterocycles. The van der Waals surface area contributed by atoms with Crippen LogP contribution in [0.15, 0.2) is 58.6 Å². The third-order valence-corrected chi connectivity index (χ3v) is 5.20. The van der Waals surface area contributed by atoms with E-state index in [9.17, 15) is 9.59 Å². The van der Waals surface area contributed by atoms with E-state index in [0.717, 1.165) is 36.9 Å². The average molecular weight is 378 g/mol. The second-order valence-corrected chi connectivity index (χ2v) is 7.08. The summed E-state index contributed by atoms with van der Waals surface area (Å²) in [5.74, 6) is 0.378. The van der Waals surface area contributed by atoms with E-state index < -0.39 is 0 Å². The maximum Gasteiger partial charge on any atom is 0.293 e. The molecule has 144 valence electrons. The van der Waals surface area contributed by atoms with Gasteiger partial charge in [0.15, 0.2) is 5.82 Å². The summed E-state index contributed by atoms with van der Waals surface area (Å²) in [5, 5.41) is 7.85. The van der Waals surface area contributed by atoms with Crippen LogP contribution in [0.3, 0.4) is 0 Å². The second kappa shape index (κ2) is 7.75. The van der Waals surface area contributed by atoms with Gasteiger partial charge in [-0.15, -0.1) is 0 Å². The van der Waals surface area contributed by atoms with Crippen molar-refractivity contribution in [1.82, 2.24) is 24.3 Å². The summed E-state index contributed by atoms with van der Waals surface area (Å²) in [6.07, 6.45) is 10.0. The molecule has 1 aliphatic rings. The van der Waals surface area contributed by atoms with Crippen LogP contribution < -0.4 is 16.4 Å². The third-order valence-electron chi connectivity index (χ3n) is 5.20. The van der Waals surface area contributed by atoms with Gasteiger partial charge in [0.25, 0.3) is 11.1 Å². The van der Waals surface area contributed by atoms with Gasteiger partial charge in [-0.3, -0.25) is 14.6 Å². The standard InChI is InChI=1S/C20H22N6O2/c1-25-13-12-22-19(20(25)28)23-15-2-4-16(5-3-15)26-18(27)7-6-17(24-26)14-8-10-21-11-9-14/h6-13,15-16H,2-5H2,1H3,(H,22,23). The van der Waals surface area contributed by atoms with E-state index in [-0.39, 0.29) is 23.2 Å². The zero-order valence-corrected chi connectivity index (χ0v) is 15.7. The number of hydrogen-bond acceptors (Lipinski definition) is 6. The van der Waals surface area contributed by atoms with Gasteiger partial charge in [-0.05, 0) is 43.9 Å². The van der Waals surface area contributed by atoms with Gasteiger partial charge in [-0.2, -0.15) is 5.10 Å². The molecular weight excluding hydrogens is 356 g/mol. The SMILES string of the molecule is Cn1ccnc(NC2CCC(n3nc(-c4ccncc4)ccc3=O)CC2)c1=O. The number of anilines is 1. The Bertz CT molecular complexity index is 1070. The van der Waals surface area contributed by atoms with Crippen molar-refractivity contribution in [3.63, 3.8) is 0 Å². The summed E-state index contributed by atoms with van der Waals surface area (Å²) in [6, 6.07) is 7.30. The number of rotatable bonds is 4. The van der Waals surface area contributed by atoms with Crippen LogP contribution in [0, 0.1) is 0 Å². The first-order valence-corrected chi connectivity index (χ1v) is 9.40. The number of aromatic nitrogens is 5. The van der Waals surface area contributed by atoms with E-state index in [1.165, 1.54) is 4.57 Å². The third kappa shape index (κ3) is 3.71. The summed E-state index contributed by atoms with van der Waals surface area (Å²) < 4.78 is 3.11. The molecule has 0 aliphatic heterocycles. The molecule has 0 radical (unpaired) electrons. The molecule has 3 aromatic heterocycles. The molecule has 0 unspecified atom stereocenters. The van der Waals surface area contributed by atoms with Crippen molar-refractivity contribution in [2.24, 2.45) is 7.05 Å². The average Bonchev–Trinajstić information content (AvgIpc) is 2.73. The van der Waals surface area contributed by atoms with Crippen molar-refractivity contribution < 1.29 is 0 Å². The number of pyridine rings is 1. The van der Waals surface area contributed by atoms with Crippen LogP contribution in [0.4, 0.5) is 5.82 Å². The van der Waals surface area contributed by atoms with Crippen molar-refractivity contribution in [1.29, 1.82) is 0 Å². The maximum absolute atomic E-state index is 12.4. The number of nitrogens with zero attached hydrogens (tertiary/aromatic N) is 5. The first-order chi connectivity index (χ1) is 13.6. The lowest BCUT2D eigenvalue weighted by Gasteiger charge is -2.29. The van der Waals surface area contributed by atoms with Gasteiger partial charge in [0.1, 0.15) is 0 Å². The highest BCUT2D eigenvalue weighted by molar-refractivity contribution is 5.57. The minimum absolute atomic E-state index is 0.0545. The quantitative estimate of drug-likeness (QED) is 0.746. The molecule has 3 aromatic rings. The van der Waals surface area contributed by atoms with E-state index in [4.69, 9.17) is 0 Å². The molecule has 0 amide bonds. The molecule has 1 saturated carbocycles. The Morgan fingerprint density at radius 1 is 1.00 bits per heavy atom. The molecule has 4 rings (SSSR count). The number of aryl methyl sites for hydroxylation is 1. The van der Waals surface area contributed by atoms with E-state index in [2.05, 4.69) is 20.4 Å². The molecule has 1 fully saturated rings. The zero-order valence-electron chi connectivity index (χ0n) is 15.7. The van der Waals surface area contributed by atoms with Gasteiger partial charge >= 0.3 is 0 Å². The molecule has 0 atom stereocenters. The highest BCUT2D eigenvalue weighted by Gasteiger charge is 2.24. The van der Waals surface area contributed by atoms with E-state index in [1.807, 2.05) is 12.1 Å². The van der Waals surface area contributed by atoms with Crippen LogP contribution in [0.2, 0.25) is 0 Å². The van der Waals surface area contributed by atoms with Gasteiger partial charge in [-0.25, -0.2) is 9.67 Å². The Kier molecular flexibility index (Phi) is 5.01. The minimum atomic E-state index is -0.132. The van der Waals surface area contributed by atoms with Gasteiger partial charge in [0, 0.05) is 49.5 Å². The fourth-order valence-corrected chi connectivity index (χ4v) is 3.62. The Morgan fingerprint density at radius 2 is 1.75 bits per heavy atom. The normalized spacial score (nSPS) is 19.3. The van der Waals surface area contributed by atoms with Crippen molar-refractivity contribution in [2.45, 2.75) is 37.8 Å². The Hall–Kier alpha value is -3.29. The molecule has 8 nitrogen and oxygen atoms in total. The van der Waals surface area contributed by atoms with Gasteiger partial charge in [-0.1, -0.05) is 0 Å². The molecule has 0 aromatic carbocycles. The second-order valence-electron chi connectivity index (χ2n) is 7.08. The highest BCUT2D eigenvalue weighted by Crippen LogP contribution is 2.28. The lowest BCUT2D eigenvalue weighted by molar-refractivity contribution is 0.304. The predicted molar refractivity (Wildman–Crippen MR) is 106 cm³/mol. The van der Waals surface area contributed by atoms with Crippen molar-refractivity contribution in [3.05, 3.63) is 69.8 Å². The summed E-state index contributed by atoms with van der Waals surface area (Å²) in [4.78, 5) is 32.7. The van der Waals surface area contributed by atoms with Crippen LogP contribution in [0.25, 0.3) is 11.3 Å². The molecule has 28 heavy (non-hydrogen) atoms. The lowest BCUT2D eigenvalue weighted by atomic mass is 9.91. The molecule has 3 heterocycles. The topological polar surface area (TPSA) is 94.7 Å². The Balaban J connectivity index is 1.47. The van der Waals surface area contributed by atoms with Gasteiger partial charge in [0.05, 0.1) is 11.7 Å². The molecular formula is C20H22N6O2.